The van der Waals surface area contributed by atoms with Crippen LogP contribution in [0.2, 0.25) is 0 Å². The summed E-state index contributed by atoms with van der Waals surface area (Å²) in [6, 6.07) is 6.70. The van der Waals surface area contributed by atoms with Gasteiger partial charge in [0.2, 0.25) is 0 Å². The number of carbonyl (C=O) groups excluding carboxylic acids is 1. The average molecular weight is 388 g/mol. The number of hydrogen-bond donors (Lipinski definition) is 5. The van der Waals surface area contributed by atoms with Gasteiger partial charge in [-0.05, 0) is 42.6 Å². The van der Waals surface area contributed by atoms with E-state index in [9.17, 15) is 14.4 Å². The molecule has 6 N–H and O–H groups in total. The molecule has 2 aromatic rings. The Hall–Kier alpha value is -3.33. The summed E-state index contributed by atoms with van der Waals surface area (Å²) in [4.78, 5) is 35.6. The minimum Gasteiger partial charge on any atom is -0.478 e. The van der Waals surface area contributed by atoms with E-state index in [2.05, 4.69) is 28.5 Å². The van der Waals surface area contributed by atoms with E-state index in [1.807, 2.05) is 13.2 Å². The third-order valence-electron chi connectivity index (χ3n) is 4.44. The van der Waals surface area contributed by atoms with Gasteiger partial charge in [-0.25, -0.2) is 14.4 Å². The molecule has 0 saturated carbocycles. The van der Waals surface area contributed by atoms with E-state index in [-0.39, 0.29) is 12.1 Å². The van der Waals surface area contributed by atoms with Crippen LogP contribution in [0.3, 0.4) is 0 Å². The number of nitrogens with zero attached hydrogens (tertiary/aromatic N) is 1. The number of amides is 2. The molecule has 1 aromatic heterocycles. The number of nitrogens with one attached hydrogen (secondary N) is 2. The molecule has 2 amide bonds. The van der Waals surface area contributed by atoms with Crippen LogP contribution in [-0.4, -0.2) is 64.2 Å². The zero-order chi connectivity index (χ0) is 20.7. The normalized spacial score (nSPS) is 16.1. The SMILES string of the molecule is CN1C(=O)NCC1Cc1ccc2[nH]cc(CCN)c2c1.O=C(O)C=CC(=O)O. The molecule has 9 nitrogen and oxygen atoms in total. The van der Waals surface area contributed by atoms with Gasteiger partial charge in [0, 0.05) is 42.8 Å². The zero-order valence-electron chi connectivity index (χ0n) is 15.5. The van der Waals surface area contributed by atoms with Crippen LogP contribution >= 0.6 is 0 Å². The number of carboxylic acids is 2. The Morgan fingerprint density at radius 2 is 1.96 bits per heavy atom. The minimum absolute atomic E-state index is 0.0153. The molecular weight excluding hydrogens is 364 g/mol. The number of carboxylic acid groups (broad SMARTS) is 2. The highest BCUT2D eigenvalue weighted by Gasteiger charge is 2.27. The van der Waals surface area contributed by atoms with Crippen LogP contribution in [0.1, 0.15) is 11.1 Å². The molecule has 1 aliphatic rings. The van der Waals surface area contributed by atoms with Gasteiger partial charge in [0.05, 0.1) is 6.04 Å². The Labute approximate surface area is 161 Å². The fourth-order valence-corrected chi connectivity index (χ4v) is 2.97. The first kappa shape index (κ1) is 21.0. The average Bonchev–Trinajstić information content (AvgIpc) is 3.19. The van der Waals surface area contributed by atoms with E-state index in [0.717, 1.165) is 24.9 Å². The van der Waals surface area contributed by atoms with Crippen molar-refractivity contribution >= 4 is 28.9 Å². The van der Waals surface area contributed by atoms with Gasteiger partial charge in [-0.1, -0.05) is 6.07 Å². The first-order valence-electron chi connectivity index (χ1n) is 8.75. The molecule has 28 heavy (non-hydrogen) atoms. The van der Waals surface area contributed by atoms with Crippen LogP contribution in [0, 0.1) is 0 Å². The summed E-state index contributed by atoms with van der Waals surface area (Å²) in [6.07, 6.45) is 4.91. The van der Waals surface area contributed by atoms with Crippen LogP contribution in [0.5, 0.6) is 0 Å². The molecule has 3 rings (SSSR count). The quantitative estimate of drug-likeness (QED) is 0.465. The van der Waals surface area contributed by atoms with Crippen molar-refractivity contribution in [3.63, 3.8) is 0 Å². The lowest BCUT2D eigenvalue weighted by molar-refractivity contribution is -0.134. The monoisotopic (exact) mass is 388 g/mol. The lowest BCUT2D eigenvalue weighted by atomic mass is 10.0. The number of benzene rings is 1. The van der Waals surface area contributed by atoms with Crippen molar-refractivity contribution in [2.45, 2.75) is 18.9 Å². The number of H-pyrrole nitrogens is 1. The smallest absolute Gasteiger partial charge is 0.328 e. The largest absolute Gasteiger partial charge is 0.478 e. The predicted molar refractivity (Wildman–Crippen MR) is 104 cm³/mol. The zero-order valence-corrected chi connectivity index (χ0v) is 15.5. The summed E-state index contributed by atoms with van der Waals surface area (Å²) in [5.41, 5.74) is 9.31. The van der Waals surface area contributed by atoms with E-state index >= 15 is 0 Å². The second-order valence-electron chi connectivity index (χ2n) is 6.40. The van der Waals surface area contributed by atoms with Crippen molar-refractivity contribution in [3.8, 4) is 0 Å². The molecule has 0 spiro atoms. The molecule has 9 heteroatoms. The van der Waals surface area contributed by atoms with E-state index in [0.29, 0.717) is 18.7 Å². The molecule has 0 bridgehead atoms. The van der Waals surface area contributed by atoms with Crippen molar-refractivity contribution in [2.24, 2.45) is 5.73 Å². The van der Waals surface area contributed by atoms with Crippen molar-refractivity contribution in [3.05, 3.63) is 47.7 Å². The topological polar surface area (TPSA) is 149 Å². The maximum Gasteiger partial charge on any atom is 0.328 e. The highest BCUT2D eigenvalue weighted by molar-refractivity contribution is 5.89. The third kappa shape index (κ3) is 5.58. The van der Waals surface area contributed by atoms with Crippen molar-refractivity contribution < 1.29 is 24.6 Å². The Kier molecular flexibility index (Phi) is 7.16. The second kappa shape index (κ2) is 9.56. The number of likely N-dealkylation sites (N-methyl/N-ethyl adjacent to an activating group) is 1. The lowest BCUT2D eigenvalue weighted by Crippen LogP contribution is -2.31. The Bertz CT molecular complexity index is 874. The summed E-state index contributed by atoms with van der Waals surface area (Å²) >= 11 is 0. The second-order valence-corrected chi connectivity index (χ2v) is 6.40. The van der Waals surface area contributed by atoms with Crippen molar-refractivity contribution in [2.75, 3.05) is 20.1 Å². The van der Waals surface area contributed by atoms with E-state index in [1.165, 1.54) is 16.5 Å². The van der Waals surface area contributed by atoms with E-state index in [4.69, 9.17) is 15.9 Å². The van der Waals surface area contributed by atoms with Crippen LogP contribution < -0.4 is 11.1 Å². The lowest BCUT2D eigenvalue weighted by Gasteiger charge is -2.17. The Morgan fingerprint density at radius 1 is 1.29 bits per heavy atom. The summed E-state index contributed by atoms with van der Waals surface area (Å²) in [7, 11) is 1.85. The van der Waals surface area contributed by atoms with Gasteiger partial charge in [-0.15, -0.1) is 0 Å². The number of rotatable bonds is 6. The van der Waals surface area contributed by atoms with E-state index in [1.54, 1.807) is 4.90 Å². The molecule has 1 unspecified atom stereocenters. The maximum absolute atomic E-state index is 11.5. The van der Waals surface area contributed by atoms with Gasteiger partial charge in [0.1, 0.15) is 0 Å². The van der Waals surface area contributed by atoms with Gasteiger partial charge < -0.3 is 31.1 Å². The van der Waals surface area contributed by atoms with Crippen molar-refractivity contribution in [1.29, 1.82) is 0 Å². The first-order chi connectivity index (χ1) is 13.3. The molecule has 0 aliphatic carbocycles. The fourth-order valence-electron chi connectivity index (χ4n) is 2.97. The highest BCUT2D eigenvalue weighted by Crippen LogP contribution is 2.22. The van der Waals surface area contributed by atoms with Gasteiger partial charge in [-0.2, -0.15) is 0 Å². The molecule has 1 saturated heterocycles. The standard InChI is InChI=1S/C15H20N4O.C4H4O4/c1-19-12(9-18-15(19)20)6-10-2-3-14-13(7-10)11(4-5-16)8-17-14;5-3(6)1-2-4(7)8/h2-3,7-8,12,17H,4-6,9,16H2,1H3,(H,18,20);1-2H,(H,5,6)(H,7,8). The summed E-state index contributed by atoms with van der Waals surface area (Å²) in [5, 5.41) is 19.7. The number of aromatic nitrogens is 1. The van der Waals surface area contributed by atoms with Crippen LogP contribution in [0.15, 0.2) is 36.5 Å². The molecule has 1 aliphatic heterocycles. The van der Waals surface area contributed by atoms with Gasteiger partial charge in [0.25, 0.3) is 0 Å². The maximum atomic E-state index is 11.5. The molecule has 1 fully saturated rings. The van der Waals surface area contributed by atoms with E-state index < -0.39 is 11.9 Å². The minimum atomic E-state index is -1.26. The number of carbonyl (C=O) groups is 3. The predicted octanol–water partition coefficient (Wildman–Crippen LogP) is 0.947. The highest BCUT2D eigenvalue weighted by atomic mass is 16.4. The first-order valence-corrected chi connectivity index (χ1v) is 8.75. The molecule has 0 radical (unpaired) electrons. The molecule has 150 valence electrons. The summed E-state index contributed by atoms with van der Waals surface area (Å²) in [5.74, 6) is -2.51. The number of hydrogen-bond acceptors (Lipinski definition) is 4. The van der Waals surface area contributed by atoms with Crippen LogP contribution in [0.4, 0.5) is 4.79 Å². The molecular formula is C19H24N4O5. The number of nitrogens with two attached hydrogens (primary N) is 1. The van der Waals surface area contributed by atoms with Gasteiger partial charge in [0.15, 0.2) is 0 Å². The number of fused-ring (bicyclic) bond motifs is 1. The number of aromatic amines is 1. The molecule has 1 atom stereocenters. The van der Waals surface area contributed by atoms with Gasteiger partial charge >= 0.3 is 18.0 Å². The molecule has 2 heterocycles. The summed E-state index contributed by atoms with van der Waals surface area (Å²) in [6.45, 7) is 1.37. The van der Waals surface area contributed by atoms with Crippen LogP contribution in [-0.2, 0) is 22.4 Å². The Morgan fingerprint density at radius 3 is 2.50 bits per heavy atom. The number of urea groups is 1. The Balaban J connectivity index is 0.000000300. The van der Waals surface area contributed by atoms with Gasteiger partial charge in [-0.3, -0.25) is 0 Å². The number of aliphatic carboxylic acids is 2. The third-order valence-corrected chi connectivity index (χ3v) is 4.44. The molecule has 1 aromatic carbocycles. The summed E-state index contributed by atoms with van der Waals surface area (Å²) < 4.78 is 0. The van der Waals surface area contributed by atoms with Crippen LogP contribution in [0.25, 0.3) is 10.9 Å². The fraction of sp³-hybridized carbons (Fsp3) is 0.316. The van der Waals surface area contributed by atoms with Crippen molar-refractivity contribution in [1.82, 2.24) is 15.2 Å².